The molecule has 0 unspecified atom stereocenters. The standard InChI is InChI=1S/C19H23N3O2/c1-24-17-6-4-5-16(14-17)21-19(23)8-7-15-9-10-20-18(13-15)22-11-2-3-12-22/h4-6,9-10,13-14H,2-3,7-8,11-12H2,1H3,(H,21,23). The topological polar surface area (TPSA) is 54.5 Å². The summed E-state index contributed by atoms with van der Waals surface area (Å²) in [4.78, 5) is 18.9. The van der Waals surface area contributed by atoms with Crippen LogP contribution in [0.2, 0.25) is 0 Å². The zero-order valence-electron chi connectivity index (χ0n) is 14.0. The van der Waals surface area contributed by atoms with Crippen molar-refractivity contribution in [3.8, 4) is 5.75 Å². The number of hydrogen-bond acceptors (Lipinski definition) is 4. The van der Waals surface area contributed by atoms with E-state index in [0.717, 1.165) is 35.9 Å². The van der Waals surface area contributed by atoms with Crippen LogP contribution in [0.4, 0.5) is 11.5 Å². The second kappa shape index (κ2) is 7.81. The maximum atomic E-state index is 12.1. The van der Waals surface area contributed by atoms with Gasteiger partial charge in [-0.25, -0.2) is 4.98 Å². The summed E-state index contributed by atoms with van der Waals surface area (Å²) in [6.07, 6.45) is 5.45. The minimum absolute atomic E-state index is 0.00258. The molecule has 5 heteroatoms. The Hall–Kier alpha value is -2.56. The molecule has 0 radical (unpaired) electrons. The van der Waals surface area contributed by atoms with E-state index in [9.17, 15) is 4.79 Å². The van der Waals surface area contributed by atoms with Crippen LogP contribution < -0.4 is 15.0 Å². The van der Waals surface area contributed by atoms with Gasteiger partial charge in [0.2, 0.25) is 5.91 Å². The van der Waals surface area contributed by atoms with Crippen molar-refractivity contribution in [1.82, 2.24) is 4.98 Å². The summed E-state index contributed by atoms with van der Waals surface area (Å²) in [7, 11) is 1.61. The highest BCUT2D eigenvalue weighted by Crippen LogP contribution is 2.20. The van der Waals surface area contributed by atoms with E-state index >= 15 is 0 Å². The number of pyridine rings is 1. The van der Waals surface area contributed by atoms with E-state index in [1.165, 1.54) is 12.8 Å². The number of benzene rings is 1. The van der Waals surface area contributed by atoms with Gasteiger partial charge in [-0.1, -0.05) is 6.07 Å². The third-order valence-corrected chi connectivity index (χ3v) is 4.23. The van der Waals surface area contributed by atoms with Gasteiger partial charge >= 0.3 is 0 Å². The average molecular weight is 325 g/mol. The van der Waals surface area contributed by atoms with Gasteiger partial charge in [-0.3, -0.25) is 4.79 Å². The Kier molecular flexibility index (Phi) is 5.31. The summed E-state index contributed by atoms with van der Waals surface area (Å²) in [5.41, 5.74) is 1.90. The molecule has 1 aliphatic rings. The van der Waals surface area contributed by atoms with Crippen molar-refractivity contribution < 1.29 is 9.53 Å². The second-order valence-electron chi connectivity index (χ2n) is 6.00. The molecule has 24 heavy (non-hydrogen) atoms. The predicted octanol–water partition coefficient (Wildman–Crippen LogP) is 3.26. The number of hydrogen-bond donors (Lipinski definition) is 1. The Bertz CT molecular complexity index is 697. The lowest BCUT2D eigenvalue weighted by molar-refractivity contribution is -0.116. The van der Waals surface area contributed by atoms with Crippen LogP contribution in [0.5, 0.6) is 5.75 Å². The first-order chi connectivity index (χ1) is 11.7. The van der Waals surface area contributed by atoms with E-state index in [2.05, 4.69) is 21.3 Å². The lowest BCUT2D eigenvalue weighted by Gasteiger charge is -2.16. The summed E-state index contributed by atoms with van der Waals surface area (Å²) >= 11 is 0. The Morgan fingerprint density at radius 1 is 1.25 bits per heavy atom. The van der Waals surface area contributed by atoms with Gasteiger partial charge in [0.15, 0.2) is 0 Å². The number of nitrogens with zero attached hydrogens (tertiary/aromatic N) is 2. The molecular weight excluding hydrogens is 302 g/mol. The van der Waals surface area contributed by atoms with E-state index in [0.29, 0.717) is 12.8 Å². The molecule has 1 amide bonds. The van der Waals surface area contributed by atoms with E-state index in [1.54, 1.807) is 7.11 Å². The number of carbonyl (C=O) groups excluding carboxylic acids is 1. The second-order valence-corrected chi connectivity index (χ2v) is 6.00. The van der Waals surface area contributed by atoms with E-state index in [1.807, 2.05) is 36.5 Å². The van der Waals surface area contributed by atoms with E-state index in [-0.39, 0.29) is 5.91 Å². The number of anilines is 2. The zero-order valence-corrected chi connectivity index (χ0v) is 14.0. The van der Waals surface area contributed by atoms with Crippen LogP contribution in [-0.4, -0.2) is 31.1 Å². The Morgan fingerprint density at radius 3 is 2.88 bits per heavy atom. The fraction of sp³-hybridized carbons (Fsp3) is 0.368. The molecule has 0 saturated carbocycles. The average Bonchev–Trinajstić information content (AvgIpc) is 3.15. The van der Waals surface area contributed by atoms with Crippen LogP contribution in [0.3, 0.4) is 0 Å². The van der Waals surface area contributed by atoms with Gasteiger partial charge in [0, 0.05) is 37.5 Å². The molecule has 0 aliphatic carbocycles. The fourth-order valence-corrected chi connectivity index (χ4v) is 2.92. The van der Waals surface area contributed by atoms with Crippen molar-refractivity contribution >= 4 is 17.4 Å². The normalized spacial score (nSPS) is 13.8. The molecule has 1 aliphatic heterocycles. The number of amides is 1. The molecule has 3 rings (SSSR count). The van der Waals surface area contributed by atoms with Gasteiger partial charge in [-0.05, 0) is 49.1 Å². The lowest BCUT2D eigenvalue weighted by atomic mass is 10.1. The van der Waals surface area contributed by atoms with Gasteiger partial charge in [-0.2, -0.15) is 0 Å². The molecular formula is C19H23N3O2. The van der Waals surface area contributed by atoms with Crippen molar-refractivity contribution in [2.24, 2.45) is 0 Å². The van der Waals surface area contributed by atoms with Gasteiger partial charge in [0.25, 0.3) is 0 Å². The number of rotatable bonds is 6. The van der Waals surface area contributed by atoms with Crippen LogP contribution >= 0.6 is 0 Å². The number of carbonyl (C=O) groups is 1. The Labute approximate surface area is 142 Å². The fourth-order valence-electron chi connectivity index (χ4n) is 2.92. The Morgan fingerprint density at radius 2 is 2.08 bits per heavy atom. The summed E-state index contributed by atoms with van der Waals surface area (Å²) < 4.78 is 5.16. The summed E-state index contributed by atoms with van der Waals surface area (Å²) in [5.74, 6) is 1.76. The molecule has 126 valence electrons. The quantitative estimate of drug-likeness (QED) is 0.886. The molecule has 0 atom stereocenters. The number of nitrogens with one attached hydrogen (secondary N) is 1. The van der Waals surface area contributed by atoms with Crippen LogP contribution in [0.15, 0.2) is 42.6 Å². The molecule has 2 heterocycles. The molecule has 5 nitrogen and oxygen atoms in total. The minimum Gasteiger partial charge on any atom is -0.497 e. The number of aryl methyl sites for hydroxylation is 1. The highest BCUT2D eigenvalue weighted by atomic mass is 16.5. The molecule has 2 aromatic rings. The third-order valence-electron chi connectivity index (χ3n) is 4.23. The molecule has 1 saturated heterocycles. The van der Waals surface area contributed by atoms with Gasteiger partial charge in [-0.15, -0.1) is 0 Å². The molecule has 0 spiro atoms. The van der Waals surface area contributed by atoms with Gasteiger partial charge < -0.3 is 15.0 Å². The molecule has 1 aromatic carbocycles. The smallest absolute Gasteiger partial charge is 0.224 e. The highest BCUT2D eigenvalue weighted by Gasteiger charge is 2.13. The van der Waals surface area contributed by atoms with Crippen molar-refractivity contribution in [3.05, 3.63) is 48.2 Å². The van der Waals surface area contributed by atoms with E-state index < -0.39 is 0 Å². The molecule has 1 N–H and O–H groups in total. The molecule has 0 bridgehead atoms. The Balaban J connectivity index is 1.55. The first-order valence-electron chi connectivity index (χ1n) is 8.38. The predicted molar refractivity (Wildman–Crippen MR) is 95.6 cm³/mol. The van der Waals surface area contributed by atoms with E-state index in [4.69, 9.17) is 4.74 Å². The maximum absolute atomic E-state index is 12.1. The summed E-state index contributed by atoms with van der Waals surface area (Å²) in [6, 6.07) is 11.5. The molecule has 1 aromatic heterocycles. The SMILES string of the molecule is COc1cccc(NC(=O)CCc2ccnc(N3CCCC3)c2)c1. The van der Waals surface area contributed by atoms with Crippen molar-refractivity contribution in [3.63, 3.8) is 0 Å². The first kappa shape index (κ1) is 16.3. The van der Waals surface area contributed by atoms with Crippen LogP contribution in [0, 0.1) is 0 Å². The van der Waals surface area contributed by atoms with Crippen LogP contribution in [0.25, 0.3) is 0 Å². The number of methoxy groups -OCH3 is 1. The van der Waals surface area contributed by atoms with Crippen LogP contribution in [0.1, 0.15) is 24.8 Å². The van der Waals surface area contributed by atoms with Crippen LogP contribution in [-0.2, 0) is 11.2 Å². The van der Waals surface area contributed by atoms with Gasteiger partial charge in [0.05, 0.1) is 7.11 Å². The number of ether oxygens (including phenoxy) is 1. The summed E-state index contributed by atoms with van der Waals surface area (Å²) in [5, 5.41) is 2.91. The maximum Gasteiger partial charge on any atom is 0.224 e. The monoisotopic (exact) mass is 325 g/mol. The van der Waals surface area contributed by atoms with Crippen molar-refractivity contribution in [2.45, 2.75) is 25.7 Å². The minimum atomic E-state index is 0.00258. The highest BCUT2D eigenvalue weighted by molar-refractivity contribution is 5.91. The third kappa shape index (κ3) is 4.25. The zero-order chi connectivity index (χ0) is 16.8. The largest absolute Gasteiger partial charge is 0.497 e. The van der Waals surface area contributed by atoms with Crippen molar-refractivity contribution in [2.75, 3.05) is 30.4 Å². The molecule has 1 fully saturated rings. The van der Waals surface area contributed by atoms with Crippen molar-refractivity contribution in [1.29, 1.82) is 0 Å². The van der Waals surface area contributed by atoms with Gasteiger partial charge in [0.1, 0.15) is 11.6 Å². The lowest BCUT2D eigenvalue weighted by Crippen LogP contribution is -2.19. The number of aromatic nitrogens is 1. The summed E-state index contributed by atoms with van der Waals surface area (Å²) in [6.45, 7) is 2.15. The first-order valence-corrected chi connectivity index (χ1v) is 8.38.